The Morgan fingerprint density at radius 2 is 1.79 bits per heavy atom. The Bertz CT molecular complexity index is 971. The molecule has 0 radical (unpaired) electrons. The molecule has 1 aromatic heterocycles. The Morgan fingerprint density at radius 1 is 1.08 bits per heavy atom. The van der Waals surface area contributed by atoms with Gasteiger partial charge in [0.1, 0.15) is 11.3 Å². The monoisotopic (exact) mass is 323 g/mol. The van der Waals surface area contributed by atoms with Gasteiger partial charge in [0.15, 0.2) is 11.2 Å². The Kier molecular flexibility index (Phi) is 4.08. The van der Waals surface area contributed by atoms with E-state index < -0.39 is 5.91 Å². The third-order valence-electron chi connectivity index (χ3n) is 3.99. The molecular formula is C19H17NO4. The number of methoxy groups -OCH3 is 1. The summed E-state index contributed by atoms with van der Waals surface area (Å²) in [4.78, 5) is 24.6. The highest BCUT2D eigenvalue weighted by atomic mass is 16.5. The van der Waals surface area contributed by atoms with E-state index >= 15 is 0 Å². The summed E-state index contributed by atoms with van der Waals surface area (Å²) in [6, 6.07) is 11.7. The van der Waals surface area contributed by atoms with Crippen molar-refractivity contribution in [2.24, 2.45) is 0 Å². The maximum absolute atomic E-state index is 12.4. The second-order valence-electron chi connectivity index (χ2n) is 5.54. The highest BCUT2D eigenvalue weighted by Crippen LogP contribution is 2.21. The van der Waals surface area contributed by atoms with Gasteiger partial charge in [-0.15, -0.1) is 0 Å². The summed E-state index contributed by atoms with van der Waals surface area (Å²) in [5.41, 5.74) is 2.65. The predicted octanol–water partition coefficient (Wildman–Crippen LogP) is 3.67. The molecule has 24 heavy (non-hydrogen) atoms. The molecule has 0 bridgehead atoms. The van der Waals surface area contributed by atoms with Crippen molar-refractivity contribution >= 4 is 22.6 Å². The van der Waals surface area contributed by atoms with Gasteiger partial charge in [-0.05, 0) is 55.3 Å². The van der Waals surface area contributed by atoms with E-state index in [-0.39, 0.29) is 11.2 Å². The number of anilines is 1. The van der Waals surface area contributed by atoms with E-state index in [0.717, 1.165) is 11.1 Å². The number of nitrogens with one attached hydrogen (secondary N) is 1. The van der Waals surface area contributed by atoms with E-state index in [1.807, 2.05) is 19.9 Å². The molecule has 3 aromatic rings. The average Bonchev–Trinajstić information content (AvgIpc) is 2.59. The molecule has 0 atom stereocenters. The minimum absolute atomic E-state index is 0.0166. The van der Waals surface area contributed by atoms with Crippen LogP contribution in [0.4, 0.5) is 5.69 Å². The van der Waals surface area contributed by atoms with Crippen molar-refractivity contribution < 1.29 is 13.9 Å². The highest BCUT2D eigenvalue weighted by Gasteiger charge is 2.14. The molecular weight excluding hydrogens is 306 g/mol. The Hall–Kier alpha value is -3.08. The summed E-state index contributed by atoms with van der Waals surface area (Å²) in [6.45, 7) is 3.80. The first kappa shape index (κ1) is 15.8. The van der Waals surface area contributed by atoms with Crippen LogP contribution in [0.2, 0.25) is 0 Å². The first-order chi connectivity index (χ1) is 11.5. The van der Waals surface area contributed by atoms with Gasteiger partial charge < -0.3 is 14.5 Å². The van der Waals surface area contributed by atoms with Gasteiger partial charge in [0.25, 0.3) is 5.91 Å². The van der Waals surface area contributed by atoms with Crippen molar-refractivity contribution in [3.63, 3.8) is 0 Å². The summed E-state index contributed by atoms with van der Waals surface area (Å²) in [7, 11) is 1.57. The van der Waals surface area contributed by atoms with Crippen molar-refractivity contribution in [1.29, 1.82) is 0 Å². The van der Waals surface area contributed by atoms with E-state index in [4.69, 9.17) is 9.15 Å². The molecule has 1 amide bonds. The van der Waals surface area contributed by atoms with Crippen LogP contribution < -0.4 is 15.5 Å². The van der Waals surface area contributed by atoms with E-state index in [1.54, 1.807) is 37.4 Å². The second kappa shape index (κ2) is 6.20. The second-order valence-corrected chi connectivity index (χ2v) is 5.54. The minimum atomic E-state index is -0.472. The standard InChI is InChI=1S/C19H17NO4/c1-11-4-9-15-16(21)10-17(24-18(15)12(11)2)19(22)20-13-5-7-14(23-3)8-6-13/h4-10H,1-3H3,(H,20,22). The number of amides is 1. The Morgan fingerprint density at radius 3 is 2.46 bits per heavy atom. The number of benzene rings is 2. The number of hydrogen-bond donors (Lipinski definition) is 1. The molecule has 3 rings (SSSR count). The maximum Gasteiger partial charge on any atom is 0.291 e. The number of rotatable bonds is 3. The van der Waals surface area contributed by atoms with Crippen molar-refractivity contribution in [1.82, 2.24) is 0 Å². The van der Waals surface area contributed by atoms with Crippen molar-refractivity contribution in [2.75, 3.05) is 12.4 Å². The van der Waals surface area contributed by atoms with E-state index in [1.165, 1.54) is 6.07 Å². The molecule has 5 heteroatoms. The fourth-order valence-electron chi connectivity index (χ4n) is 2.43. The molecule has 0 unspecified atom stereocenters. The van der Waals surface area contributed by atoms with Crippen LogP contribution in [0, 0.1) is 13.8 Å². The highest BCUT2D eigenvalue weighted by molar-refractivity contribution is 6.03. The van der Waals surface area contributed by atoms with Gasteiger partial charge in [-0.3, -0.25) is 9.59 Å². The van der Waals surface area contributed by atoms with Crippen LogP contribution in [-0.2, 0) is 0 Å². The van der Waals surface area contributed by atoms with Crippen LogP contribution >= 0.6 is 0 Å². The molecule has 0 spiro atoms. The number of carbonyl (C=O) groups is 1. The molecule has 122 valence electrons. The van der Waals surface area contributed by atoms with Gasteiger partial charge in [-0.2, -0.15) is 0 Å². The van der Waals surface area contributed by atoms with Crippen molar-refractivity contribution in [3.8, 4) is 5.75 Å². The van der Waals surface area contributed by atoms with Gasteiger partial charge in [-0.1, -0.05) is 6.07 Å². The minimum Gasteiger partial charge on any atom is -0.497 e. The zero-order valence-electron chi connectivity index (χ0n) is 13.7. The number of fused-ring (bicyclic) bond motifs is 1. The molecule has 0 aliphatic carbocycles. The summed E-state index contributed by atoms with van der Waals surface area (Å²) in [6.07, 6.45) is 0. The zero-order valence-corrected chi connectivity index (χ0v) is 13.7. The fraction of sp³-hybridized carbons (Fsp3) is 0.158. The van der Waals surface area contributed by atoms with E-state index in [0.29, 0.717) is 22.4 Å². The van der Waals surface area contributed by atoms with Gasteiger partial charge in [-0.25, -0.2) is 0 Å². The van der Waals surface area contributed by atoms with Crippen molar-refractivity contribution in [3.05, 3.63) is 69.6 Å². The predicted molar refractivity (Wildman–Crippen MR) is 92.9 cm³/mol. The number of hydrogen-bond acceptors (Lipinski definition) is 4. The van der Waals surface area contributed by atoms with Crippen LogP contribution in [-0.4, -0.2) is 13.0 Å². The average molecular weight is 323 g/mol. The van der Waals surface area contributed by atoms with Crippen LogP contribution in [0.5, 0.6) is 5.75 Å². The quantitative estimate of drug-likeness (QED) is 0.798. The van der Waals surface area contributed by atoms with Crippen LogP contribution in [0.15, 0.2) is 51.7 Å². The Labute approximate surface area is 138 Å². The lowest BCUT2D eigenvalue weighted by atomic mass is 10.1. The Balaban J connectivity index is 1.97. The van der Waals surface area contributed by atoms with Gasteiger partial charge in [0.05, 0.1) is 12.5 Å². The van der Waals surface area contributed by atoms with Crippen LogP contribution in [0.25, 0.3) is 11.0 Å². The van der Waals surface area contributed by atoms with Gasteiger partial charge in [0, 0.05) is 11.8 Å². The van der Waals surface area contributed by atoms with Crippen LogP contribution in [0.3, 0.4) is 0 Å². The molecule has 1 heterocycles. The molecule has 0 saturated heterocycles. The summed E-state index contributed by atoms with van der Waals surface area (Å²) in [5, 5.41) is 3.18. The first-order valence-electron chi connectivity index (χ1n) is 7.49. The maximum atomic E-state index is 12.4. The summed E-state index contributed by atoms with van der Waals surface area (Å²) >= 11 is 0. The SMILES string of the molecule is COc1ccc(NC(=O)c2cc(=O)c3ccc(C)c(C)c3o2)cc1. The topological polar surface area (TPSA) is 68.5 Å². The number of aryl methyl sites for hydroxylation is 2. The van der Waals surface area contributed by atoms with Crippen molar-refractivity contribution in [2.45, 2.75) is 13.8 Å². The molecule has 0 fully saturated rings. The number of carbonyl (C=O) groups excluding carboxylic acids is 1. The third kappa shape index (κ3) is 2.88. The summed E-state index contributed by atoms with van der Waals surface area (Å²) in [5.74, 6) is 0.202. The zero-order chi connectivity index (χ0) is 17.3. The normalized spacial score (nSPS) is 10.6. The third-order valence-corrected chi connectivity index (χ3v) is 3.99. The molecule has 0 saturated carbocycles. The molecule has 2 aromatic carbocycles. The lowest BCUT2D eigenvalue weighted by Gasteiger charge is -2.08. The first-order valence-corrected chi connectivity index (χ1v) is 7.49. The summed E-state index contributed by atoms with van der Waals surface area (Å²) < 4.78 is 10.8. The molecule has 5 nitrogen and oxygen atoms in total. The molecule has 0 aliphatic rings. The number of ether oxygens (including phenoxy) is 1. The largest absolute Gasteiger partial charge is 0.497 e. The molecule has 1 N–H and O–H groups in total. The van der Waals surface area contributed by atoms with Gasteiger partial charge >= 0.3 is 0 Å². The lowest BCUT2D eigenvalue weighted by Crippen LogP contribution is -2.15. The van der Waals surface area contributed by atoms with Crippen LogP contribution in [0.1, 0.15) is 21.7 Å². The smallest absolute Gasteiger partial charge is 0.291 e. The van der Waals surface area contributed by atoms with Gasteiger partial charge in [0.2, 0.25) is 0 Å². The van der Waals surface area contributed by atoms with E-state index in [9.17, 15) is 9.59 Å². The fourth-order valence-corrected chi connectivity index (χ4v) is 2.43. The van der Waals surface area contributed by atoms with E-state index in [2.05, 4.69) is 5.32 Å². The lowest BCUT2D eigenvalue weighted by molar-refractivity contribution is 0.0997. The molecule has 0 aliphatic heterocycles.